The number of nitrogens with one attached hydrogen (secondary N) is 1. The van der Waals surface area contributed by atoms with Crippen molar-refractivity contribution in [2.75, 3.05) is 5.32 Å². The van der Waals surface area contributed by atoms with Crippen molar-refractivity contribution in [3.8, 4) is 6.07 Å². The largest absolute Gasteiger partial charge is 0.378 e. The maximum atomic E-state index is 13.0. The lowest BCUT2D eigenvalue weighted by atomic mass is 10.2. The Bertz CT molecular complexity index is 517. The maximum absolute atomic E-state index is 13.0. The lowest BCUT2D eigenvalue weighted by Crippen LogP contribution is -1.99. The number of hydrogen-bond acceptors (Lipinski definition) is 4. The molecule has 2 aromatic rings. The number of rotatable bonds is 3. The minimum Gasteiger partial charge on any atom is -0.378 e. The first kappa shape index (κ1) is 10.6. The van der Waals surface area contributed by atoms with Gasteiger partial charge in [-0.05, 0) is 18.2 Å². The normalized spacial score (nSPS) is 9.75. The van der Waals surface area contributed by atoms with Crippen LogP contribution in [-0.4, -0.2) is 4.98 Å². The van der Waals surface area contributed by atoms with E-state index in [0.717, 1.165) is 5.01 Å². The molecule has 0 spiro atoms. The van der Waals surface area contributed by atoms with Crippen LogP contribution in [0.3, 0.4) is 0 Å². The molecule has 80 valence electrons. The van der Waals surface area contributed by atoms with Crippen molar-refractivity contribution in [3.63, 3.8) is 0 Å². The van der Waals surface area contributed by atoms with E-state index >= 15 is 0 Å². The van der Waals surface area contributed by atoms with E-state index in [1.54, 1.807) is 29.7 Å². The van der Waals surface area contributed by atoms with Gasteiger partial charge in [0.25, 0.3) is 0 Å². The highest BCUT2D eigenvalue weighted by molar-refractivity contribution is 7.09. The van der Waals surface area contributed by atoms with Gasteiger partial charge in [0.05, 0.1) is 12.1 Å². The molecule has 0 amide bonds. The van der Waals surface area contributed by atoms with E-state index in [1.807, 2.05) is 5.38 Å². The number of halogens is 1. The predicted molar refractivity (Wildman–Crippen MR) is 60.6 cm³/mol. The van der Waals surface area contributed by atoms with Gasteiger partial charge in [-0.15, -0.1) is 11.3 Å². The Hall–Kier alpha value is -1.93. The van der Waals surface area contributed by atoms with Crippen LogP contribution in [0, 0.1) is 17.1 Å². The Labute approximate surface area is 96.2 Å². The van der Waals surface area contributed by atoms with Crippen LogP contribution in [0.5, 0.6) is 0 Å². The molecule has 16 heavy (non-hydrogen) atoms. The molecule has 0 saturated carbocycles. The Morgan fingerprint density at radius 3 is 3.06 bits per heavy atom. The summed E-state index contributed by atoms with van der Waals surface area (Å²) in [5, 5.41) is 14.6. The van der Waals surface area contributed by atoms with Crippen molar-refractivity contribution in [1.82, 2.24) is 4.98 Å². The molecule has 0 fully saturated rings. The molecular formula is C11H8FN3S. The van der Waals surface area contributed by atoms with Crippen molar-refractivity contribution >= 4 is 17.0 Å². The fourth-order valence-corrected chi connectivity index (χ4v) is 1.79. The number of nitriles is 1. The molecule has 0 saturated heterocycles. The van der Waals surface area contributed by atoms with Crippen LogP contribution in [-0.2, 0) is 6.54 Å². The minimum atomic E-state index is -0.498. The van der Waals surface area contributed by atoms with Crippen LogP contribution < -0.4 is 5.32 Å². The van der Waals surface area contributed by atoms with E-state index in [4.69, 9.17) is 5.26 Å². The number of thiazole rings is 1. The molecule has 1 aromatic carbocycles. The molecule has 0 aliphatic carbocycles. The molecule has 2 rings (SSSR count). The molecule has 0 atom stereocenters. The molecule has 1 aromatic heterocycles. The Kier molecular flexibility index (Phi) is 3.13. The fourth-order valence-electron chi connectivity index (χ4n) is 1.24. The van der Waals surface area contributed by atoms with Crippen LogP contribution in [0.25, 0.3) is 0 Å². The van der Waals surface area contributed by atoms with Crippen molar-refractivity contribution in [2.45, 2.75) is 6.54 Å². The average Bonchev–Trinajstić information content (AvgIpc) is 2.81. The van der Waals surface area contributed by atoms with E-state index < -0.39 is 5.82 Å². The molecule has 0 unspecified atom stereocenters. The number of nitrogens with zero attached hydrogens (tertiary/aromatic N) is 2. The third kappa shape index (κ3) is 2.35. The van der Waals surface area contributed by atoms with Crippen LogP contribution in [0.15, 0.2) is 29.8 Å². The summed E-state index contributed by atoms with van der Waals surface area (Å²) in [5.74, 6) is -0.498. The standard InChI is InChI=1S/C11H8FN3S/c12-10-2-1-9(5-8(10)6-13)15-7-11-14-3-4-16-11/h1-5,15H,7H2. The van der Waals surface area contributed by atoms with Crippen LogP contribution in [0.4, 0.5) is 10.1 Å². The van der Waals surface area contributed by atoms with Gasteiger partial charge in [-0.1, -0.05) is 0 Å². The quantitative estimate of drug-likeness (QED) is 0.886. The van der Waals surface area contributed by atoms with Crippen molar-refractivity contribution in [2.24, 2.45) is 0 Å². The fraction of sp³-hybridized carbons (Fsp3) is 0.0909. The van der Waals surface area contributed by atoms with Gasteiger partial charge < -0.3 is 5.32 Å². The summed E-state index contributed by atoms with van der Waals surface area (Å²) in [6.45, 7) is 0.578. The second kappa shape index (κ2) is 4.73. The summed E-state index contributed by atoms with van der Waals surface area (Å²) < 4.78 is 13.0. The summed E-state index contributed by atoms with van der Waals surface area (Å²) >= 11 is 1.54. The van der Waals surface area contributed by atoms with Gasteiger partial charge in [-0.25, -0.2) is 9.37 Å². The van der Waals surface area contributed by atoms with Gasteiger partial charge in [0.15, 0.2) is 0 Å². The predicted octanol–water partition coefficient (Wildman–Crippen LogP) is 2.77. The molecule has 0 bridgehead atoms. The van der Waals surface area contributed by atoms with Crippen LogP contribution in [0.1, 0.15) is 10.6 Å². The van der Waals surface area contributed by atoms with Gasteiger partial charge in [-0.3, -0.25) is 0 Å². The Balaban J connectivity index is 2.08. The molecular weight excluding hydrogens is 225 g/mol. The highest BCUT2D eigenvalue weighted by atomic mass is 32.1. The summed E-state index contributed by atoms with van der Waals surface area (Å²) in [5.41, 5.74) is 0.761. The van der Waals surface area contributed by atoms with Gasteiger partial charge in [-0.2, -0.15) is 5.26 Å². The first-order chi connectivity index (χ1) is 7.79. The molecule has 1 heterocycles. The minimum absolute atomic E-state index is 0.0455. The zero-order valence-electron chi connectivity index (χ0n) is 8.27. The zero-order valence-corrected chi connectivity index (χ0v) is 9.09. The van der Waals surface area contributed by atoms with Gasteiger partial charge in [0.2, 0.25) is 0 Å². The Morgan fingerprint density at radius 1 is 1.50 bits per heavy atom. The van der Waals surface area contributed by atoms with E-state index in [0.29, 0.717) is 12.2 Å². The smallest absolute Gasteiger partial charge is 0.141 e. The average molecular weight is 233 g/mol. The highest BCUT2D eigenvalue weighted by Crippen LogP contribution is 2.15. The number of aromatic nitrogens is 1. The van der Waals surface area contributed by atoms with E-state index in [-0.39, 0.29) is 5.56 Å². The molecule has 0 aliphatic heterocycles. The Morgan fingerprint density at radius 2 is 2.38 bits per heavy atom. The summed E-state index contributed by atoms with van der Waals surface area (Å²) in [7, 11) is 0. The highest BCUT2D eigenvalue weighted by Gasteiger charge is 2.02. The molecule has 3 nitrogen and oxygen atoms in total. The summed E-state index contributed by atoms with van der Waals surface area (Å²) in [6.07, 6.45) is 1.73. The monoisotopic (exact) mass is 233 g/mol. The second-order valence-electron chi connectivity index (χ2n) is 3.09. The van der Waals surface area contributed by atoms with Crippen molar-refractivity contribution < 1.29 is 4.39 Å². The van der Waals surface area contributed by atoms with Crippen LogP contribution >= 0.6 is 11.3 Å². The van der Waals surface area contributed by atoms with Gasteiger partial charge >= 0.3 is 0 Å². The maximum Gasteiger partial charge on any atom is 0.141 e. The topological polar surface area (TPSA) is 48.7 Å². The molecule has 1 N–H and O–H groups in total. The van der Waals surface area contributed by atoms with Crippen molar-refractivity contribution in [3.05, 3.63) is 46.2 Å². The molecule has 0 aliphatic rings. The number of hydrogen-bond donors (Lipinski definition) is 1. The first-order valence-electron chi connectivity index (χ1n) is 4.61. The number of anilines is 1. The van der Waals surface area contributed by atoms with Crippen LogP contribution in [0.2, 0.25) is 0 Å². The van der Waals surface area contributed by atoms with Gasteiger partial charge in [0, 0.05) is 17.3 Å². The third-order valence-corrected chi connectivity index (χ3v) is 2.79. The van der Waals surface area contributed by atoms with E-state index in [9.17, 15) is 4.39 Å². The van der Waals surface area contributed by atoms with E-state index in [1.165, 1.54) is 12.1 Å². The SMILES string of the molecule is N#Cc1cc(NCc2nccs2)ccc1F. The molecule has 0 radical (unpaired) electrons. The third-order valence-electron chi connectivity index (χ3n) is 2.01. The van der Waals surface area contributed by atoms with E-state index in [2.05, 4.69) is 10.3 Å². The first-order valence-corrected chi connectivity index (χ1v) is 5.49. The second-order valence-corrected chi connectivity index (χ2v) is 4.06. The lowest BCUT2D eigenvalue weighted by Gasteiger charge is -2.04. The summed E-state index contributed by atoms with van der Waals surface area (Å²) in [4.78, 5) is 4.11. The lowest BCUT2D eigenvalue weighted by molar-refractivity contribution is 0.624. The number of benzene rings is 1. The summed E-state index contributed by atoms with van der Waals surface area (Å²) in [6, 6.07) is 6.17. The molecule has 5 heteroatoms. The zero-order chi connectivity index (χ0) is 11.4. The van der Waals surface area contributed by atoms with Gasteiger partial charge in [0.1, 0.15) is 16.9 Å². The van der Waals surface area contributed by atoms with Crippen molar-refractivity contribution in [1.29, 1.82) is 5.26 Å².